The molecule has 1 unspecified atom stereocenters. The van der Waals surface area contributed by atoms with Gasteiger partial charge in [0.15, 0.2) is 0 Å². The third kappa shape index (κ3) is 4.40. The van der Waals surface area contributed by atoms with Crippen molar-refractivity contribution in [2.75, 3.05) is 6.54 Å². The van der Waals surface area contributed by atoms with E-state index in [0.717, 1.165) is 6.20 Å². The molecule has 17 heavy (non-hydrogen) atoms. The molecule has 1 heterocycles. The van der Waals surface area contributed by atoms with E-state index in [0.29, 0.717) is 6.42 Å². The van der Waals surface area contributed by atoms with Crippen LogP contribution in [0.5, 0.6) is 0 Å². The van der Waals surface area contributed by atoms with Crippen LogP contribution in [0.4, 0.5) is 0 Å². The molecule has 1 rings (SSSR count). The average molecular weight is 299 g/mol. The van der Waals surface area contributed by atoms with Crippen molar-refractivity contribution in [2.45, 2.75) is 24.3 Å². The molecule has 0 aromatic carbocycles. The van der Waals surface area contributed by atoms with Crippen molar-refractivity contribution < 1.29 is 13.5 Å². The van der Waals surface area contributed by atoms with E-state index in [9.17, 15) is 8.42 Å². The van der Waals surface area contributed by atoms with Crippen LogP contribution in [-0.4, -0.2) is 31.2 Å². The largest absolute Gasteiger partial charge is 0.393 e. The standard InChI is InChI=1S/C9H12Cl2N2O3S/c1-6(14)2-3-13-17(15,16)7-4-8(10)9(11)12-5-7/h4-6,13-14H,2-3H2,1H3. The van der Waals surface area contributed by atoms with Crippen molar-refractivity contribution in [1.82, 2.24) is 9.71 Å². The van der Waals surface area contributed by atoms with Gasteiger partial charge in [-0.05, 0) is 19.4 Å². The maximum absolute atomic E-state index is 11.7. The molecule has 5 nitrogen and oxygen atoms in total. The van der Waals surface area contributed by atoms with Crippen molar-refractivity contribution >= 4 is 33.2 Å². The lowest BCUT2D eigenvalue weighted by molar-refractivity contribution is 0.186. The highest BCUT2D eigenvalue weighted by Crippen LogP contribution is 2.21. The third-order valence-electron chi connectivity index (χ3n) is 1.94. The van der Waals surface area contributed by atoms with Crippen LogP contribution >= 0.6 is 23.2 Å². The number of nitrogens with one attached hydrogen (secondary N) is 1. The van der Waals surface area contributed by atoms with E-state index in [4.69, 9.17) is 28.3 Å². The van der Waals surface area contributed by atoms with Crippen LogP contribution in [0.15, 0.2) is 17.2 Å². The predicted octanol–water partition coefficient (Wildman–Crippen LogP) is 1.44. The molecule has 0 saturated heterocycles. The van der Waals surface area contributed by atoms with Gasteiger partial charge in [0.2, 0.25) is 10.0 Å². The molecule has 0 aliphatic rings. The molecule has 0 bridgehead atoms. The van der Waals surface area contributed by atoms with Crippen molar-refractivity contribution in [3.05, 3.63) is 22.4 Å². The fourth-order valence-electron chi connectivity index (χ4n) is 1.04. The maximum Gasteiger partial charge on any atom is 0.242 e. The monoisotopic (exact) mass is 298 g/mol. The molecule has 2 N–H and O–H groups in total. The Morgan fingerprint density at radius 1 is 1.53 bits per heavy atom. The molecule has 8 heteroatoms. The van der Waals surface area contributed by atoms with Crippen molar-refractivity contribution in [1.29, 1.82) is 0 Å². The maximum atomic E-state index is 11.7. The first-order chi connectivity index (χ1) is 7.83. The summed E-state index contributed by atoms with van der Waals surface area (Å²) in [6.45, 7) is 1.72. The van der Waals surface area contributed by atoms with Crippen LogP contribution in [0.3, 0.4) is 0 Å². The van der Waals surface area contributed by atoms with Crippen LogP contribution in [0.25, 0.3) is 0 Å². The molecule has 1 atom stereocenters. The number of aliphatic hydroxyl groups excluding tert-OH is 1. The molecule has 0 saturated carbocycles. The Kier molecular flexibility index (Phi) is 5.15. The number of hydrogen-bond acceptors (Lipinski definition) is 4. The molecule has 0 fully saturated rings. The molecule has 96 valence electrons. The van der Waals surface area contributed by atoms with Crippen LogP contribution in [0.1, 0.15) is 13.3 Å². The van der Waals surface area contributed by atoms with E-state index in [1.807, 2.05) is 0 Å². The summed E-state index contributed by atoms with van der Waals surface area (Å²) in [6.07, 6.45) is 0.886. The number of nitrogens with zero attached hydrogens (tertiary/aromatic N) is 1. The first-order valence-corrected chi connectivity index (χ1v) is 7.05. The Morgan fingerprint density at radius 3 is 2.71 bits per heavy atom. The van der Waals surface area contributed by atoms with E-state index in [2.05, 4.69) is 9.71 Å². The van der Waals surface area contributed by atoms with E-state index >= 15 is 0 Å². The zero-order chi connectivity index (χ0) is 13.1. The molecule has 0 aliphatic carbocycles. The summed E-state index contributed by atoms with van der Waals surface area (Å²) in [5.41, 5.74) is 0. The second kappa shape index (κ2) is 5.97. The zero-order valence-electron chi connectivity index (χ0n) is 9.02. The minimum Gasteiger partial charge on any atom is -0.393 e. The van der Waals surface area contributed by atoms with Crippen LogP contribution in [0.2, 0.25) is 10.2 Å². The SMILES string of the molecule is CC(O)CCNS(=O)(=O)c1cnc(Cl)c(Cl)c1. The lowest BCUT2D eigenvalue weighted by Crippen LogP contribution is -2.26. The van der Waals surface area contributed by atoms with Gasteiger partial charge in [0, 0.05) is 12.7 Å². The van der Waals surface area contributed by atoms with Gasteiger partial charge in [-0.2, -0.15) is 0 Å². The number of sulfonamides is 1. The molecule has 1 aromatic rings. The molecular formula is C9H12Cl2N2O3S. The van der Waals surface area contributed by atoms with Gasteiger partial charge in [0.25, 0.3) is 0 Å². The van der Waals surface area contributed by atoms with Gasteiger partial charge in [-0.3, -0.25) is 0 Å². The Labute approximate surface area is 110 Å². The zero-order valence-corrected chi connectivity index (χ0v) is 11.3. The smallest absolute Gasteiger partial charge is 0.242 e. The van der Waals surface area contributed by atoms with Gasteiger partial charge in [-0.15, -0.1) is 0 Å². The van der Waals surface area contributed by atoms with E-state index < -0.39 is 16.1 Å². The third-order valence-corrected chi connectivity index (χ3v) is 4.05. The van der Waals surface area contributed by atoms with E-state index in [1.165, 1.54) is 6.07 Å². The Morgan fingerprint density at radius 2 is 2.18 bits per heavy atom. The number of halogens is 2. The predicted molar refractivity (Wildman–Crippen MR) is 65.7 cm³/mol. The fourth-order valence-corrected chi connectivity index (χ4v) is 2.39. The summed E-state index contributed by atoms with van der Waals surface area (Å²) in [4.78, 5) is 3.60. The summed E-state index contributed by atoms with van der Waals surface area (Å²) >= 11 is 11.3. The number of pyridine rings is 1. The summed E-state index contributed by atoms with van der Waals surface area (Å²) in [7, 11) is -3.66. The van der Waals surface area contributed by atoms with Crippen LogP contribution in [-0.2, 0) is 10.0 Å². The van der Waals surface area contributed by atoms with Gasteiger partial charge >= 0.3 is 0 Å². The molecule has 0 aliphatic heterocycles. The molecular weight excluding hydrogens is 287 g/mol. The summed E-state index contributed by atoms with van der Waals surface area (Å²) < 4.78 is 25.8. The normalized spacial score (nSPS) is 13.6. The highest BCUT2D eigenvalue weighted by atomic mass is 35.5. The van der Waals surface area contributed by atoms with Crippen LogP contribution < -0.4 is 4.72 Å². The molecule has 0 amide bonds. The molecule has 0 spiro atoms. The Hall–Kier alpha value is -0.400. The quantitative estimate of drug-likeness (QED) is 0.806. The highest BCUT2D eigenvalue weighted by Gasteiger charge is 2.15. The van der Waals surface area contributed by atoms with Crippen molar-refractivity contribution in [3.63, 3.8) is 0 Å². The molecule has 0 radical (unpaired) electrons. The van der Waals surface area contributed by atoms with Crippen LogP contribution in [0, 0.1) is 0 Å². The topological polar surface area (TPSA) is 79.3 Å². The second-order valence-corrected chi connectivity index (χ2v) is 6.01. The number of aliphatic hydroxyl groups is 1. The lowest BCUT2D eigenvalue weighted by Gasteiger charge is -2.08. The summed E-state index contributed by atoms with van der Waals surface area (Å²) in [5.74, 6) is 0. The fraction of sp³-hybridized carbons (Fsp3) is 0.444. The number of rotatable bonds is 5. The van der Waals surface area contributed by atoms with E-state index in [1.54, 1.807) is 6.92 Å². The second-order valence-electron chi connectivity index (χ2n) is 3.48. The van der Waals surface area contributed by atoms with Crippen molar-refractivity contribution in [2.24, 2.45) is 0 Å². The average Bonchev–Trinajstić information content (AvgIpc) is 2.21. The lowest BCUT2D eigenvalue weighted by atomic mass is 10.3. The first kappa shape index (κ1) is 14.7. The van der Waals surface area contributed by atoms with Gasteiger partial charge < -0.3 is 5.11 Å². The van der Waals surface area contributed by atoms with E-state index in [-0.39, 0.29) is 21.6 Å². The summed E-state index contributed by atoms with van der Waals surface area (Å²) in [6, 6.07) is 1.22. The molecule has 1 aromatic heterocycles. The van der Waals surface area contributed by atoms with Gasteiger partial charge in [0.05, 0.1) is 11.1 Å². The van der Waals surface area contributed by atoms with Gasteiger partial charge in [-0.25, -0.2) is 18.1 Å². The summed E-state index contributed by atoms with van der Waals surface area (Å²) in [5, 5.41) is 9.14. The minimum atomic E-state index is -3.66. The van der Waals surface area contributed by atoms with Gasteiger partial charge in [0.1, 0.15) is 10.0 Å². The highest BCUT2D eigenvalue weighted by molar-refractivity contribution is 7.89. The number of aromatic nitrogens is 1. The number of hydrogen-bond donors (Lipinski definition) is 2. The Bertz CT molecular complexity index is 491. The Balaban J connectivity index is 2.79. The van der Waals surface area contributed by atoms with Gasteiger partial charge in [-0.1, -0.05) is 23.2 Å². The first-order valence-electron chi connectivity index (χ1n) is 4.81. The minimum absolute atomic E-state index is 0.0506. The van der Waals surface area contributed by atoms with Crippen molar-refractivity contribution in [3.8, 4) is 0 Å².